The molecule has 1 aliphatic heterocycles. The molecule has 0 aromatic carbocycles. The van der Waals surface area contributed by atoms with Crippen LogP contribution in [0.5, 0.6) is 0 Å². The lowest BCUT2D eigenvalue weighted by atomic mass is 10.2. The van der Waals surface area contributed by atoms with Crippen LogP contribution in [0.15, 0.2) is 0 Å². The summed E-state index contributed by atoms with van der Waals surface area (Å²) in [6, 6.07) is 0. The van der Waals surface area contributed by atoms with Crippen molar-refractivity contribution in [1.82, 2.24) is 4.90 Å². The Kier molecular flexibility index (Phi) is 2.72. The molecule has 0 aliphatic carbocycles. The van der Waals surface area contributed by atoms with Gasteiger partial charge in [0.05, 0.1) is 0 Å². The highest BCUT2D eigenvalue weighted by Crippen LogP contribution is 2.17. The van der Waals surface area contributed by atoms with E-state index in [1.807, 2.05) is 4.90 Å². The standard InChI is InChI=1S/C7H12BrNO/c1-6(10)9-3-2-7(4-8)5-9/h7H,2-5H2,1H3/t7-/m0/s1. The summed E-state index contributed by atoms with van der Waals surface area (Å²) in [6.45, 7) is 3.53. The van der Waals surface area contributed by atoms with Gasteiger partial charge in [0.1, 0.15) is 0 Å². The predicted molar refractivity (Wildman–Crippen MR) is 44.2 cm³/mol. The molecule has 1 rings (SSSR count). The average molecular weight is 206 g/mol. The molecular formula is C7H12BrNO. The molecule has 58 valence electrons. The van der Waals surface area contributed by atoms with Crippen LogP contribution in [0.25, 0.3) is 0 Å². The summed E-state index contributed by atoms with van der Waals surface area (Å²) in [4.78, 5) is 12.7. The average Bonchev–Trinajstić information content (AvgIpc) is 2.34. The lowest BCUT2D eigenvalue weighted by Gasteiger charge is -2.12. The lowest BCUT2D eigenvalue weighted by molar-refractivity contribution is -0.127. The second-order valence-electron chi connectivity index (χ2n) is 2.77. The summed E-state index contributed by atoms with van der Waals surface area (Å²) in [5, 5.41) is 1.02. The van der Waals surface area contributed by atoms with Crippen LogP contribution in [0.4, 0.5) is 0 Å². The molecule has 0 unspecified atom stereocenters. The molecule has 0 spiro atoms. The van der Waals surface area contributed by atoms with E-state index in [2.05, 4.69) is 15.9 Å². The van der Waals surface area contributed by atoms with Gasteiger partial charge in [-0.15, -0.1) is 0 Å². The molecule has 2 nitrogen and oxygen atoms in total. The molecule has 3 heteroatoms. The van der Waals surface area contributed by atoms with Crippen molar-refractivity contribution in [3.63, 3.8) is 0 Å². The SMILES string of the molecule is CC(=O)N1CC[C@@H](CBr)C1. The van der Waals surface area contributed by atoms with Crippen LogP contribution in [-0.4, -0.2) is 29.2 Å². The molecule has 0 N–H and O–H groups in total. The summed E-state index contributed by atoms with van der Waals surface area (Å²) in [6.07, 6.45) is 1.16. The van der Waals surface area contributed by atoms with Gasteiger partial charge >= 0.3 is 0 Å². The van der Waals surface area contributed by atoms with E-state index in [-0.39, 0.29) is 5.91 Å². The second-order valence-corrected chi connectivity index (χ2v) is 3.42. The summed E-state index contributed by atoms with van der Waals surface area (Å²) in [7, 11) is 0. The quantitative estimate of drug-likeness (QED) is 0.591. The smallest absolute Gasteiger partial charge is 0.219 e. The van der Waals surface area contributed by atoms with Gasteiger partial charge in [0.15, 0.2) is 0 Å². The molecule has 1 fully saturated rings. The molecule has 1 aliphatic rings. The molecule has 0 aromatic heterocycles. The molecule has 1 heterocycles. The van der Waals surface area contributed by atoms with E-state index in [1.165, 1.54) is 0 Å². The van der Waals surface area contributed by atoms with Gasteiger partial charge in [0.25, 0.3) is 0 Å². The molecule has 1 amide bonds. The Balaban J connectivity index is 2.35. The van der Waals surface area contributed by atoms with Crippen molar-refractivity contribution >= 4 is 21.8 Å². The highest BCUT2D eigenvalue weighted by Gasteiger charge is 2.22. The summed E-state index contributed by atoms with van der Waals surface area (Å²) in [5.74, 6) is 0.896. The van der Waals surface area contributed by atoms with Crippen molar-refractivity contribution in [2.75, 3.05) is 18.4 Å². The van der Waals surface area contributed by atoms with E-state index in [1.54, 1.807) is 6.92 Å². The Labute approximate surface area is 69.7 Å². The maximum atomic E-state index is 10.8. The molecule has 1 saturated heterocycles. The van der Waals surface area contributed by atoms with Gasteiger partial charge in [0.2, 0.25) is 5.91 Å². The van der Waals surface area contributed by atoms with Crippen molar-refractivity contribution < 1.29 is 4.79 Å². The first-order valence-electron chi connectivity index (χ1n) is 3.55. The zero-order valence-electron chi connectivity index (χ0n) is 6.14. The minimum absolute atomic E-state index is 0.212. The number of halogens is 1. The Morgan fingerprint density at radius 1 is 1.80 bits per heavy atom. The lowest BCUT2D eigenvalue weighted by Crippen LogP contribution is -2.25. The van der Waals surface area contributed by atoms with Crippen LogP contribution in [0.2, 0.25) is 0 Å². The highest BCUT2D eigenvalue weighted by molar-refractivity contribution is 9.09. The summed E-state index contributed by atoms with van der Waals surface area (Å²) in [5.41, 5.74) is 0. The van der Waals surface area contributed by atoms with Gasteiger partial charge in [-0.2, -0.15) is 0 Å². The Morgan fingerprint density at radius 3 is 2.80 bits per heavy atom. The van der Waals surface area contributed by atoms with E-state index in [0.717, 1.165) is 24.8 Å². The molecule has 0 radical (unpaired) electrons. The first-order valence-corrected chi connectivity index (χ1v) is 4.67. The van der Waals surface area contributed by atoms with Gasteiger partial charge in [-0.3, -0.25) is 4.79 Å². The van der Waals surface area contributed by atoms with Crippen molar-refractivity contribution in [3.05, 3.63) is 0 Å². The maximum Gasteiger partial charge on any atom is 0.219 e. The molecule has 0 saturated carbocycles. The largest absolute Gasteiger partial charge is 0.343 e. The number of hydrogen-bond acceptors (Lipinski definition) is 1. The molecule has 10 heavy (non-hydrogen) atoms. The monoisotopic (exact) mass is 205 g/mol. The van der Waals surface area contributed by atoms with Gasteiger partial charge in [0, 0.05) is 25.3 Å². The van der Waals surface area contributed by atoms with Crippen LogP contribution in [0, 0.1) is 5.92 Å². The fourth-order valence-electron chi connectivity index (χ4n) is 1.24. The van der Waals surface area contributed by atoms with E-state index >= 15 is 0 Å². The fourth-order valence-corrected chi connectivity index (χ4v) is 1.77. The minimum atomic E-state index is 0.212. The van der Waals surface area contributed by atoms with E-state index in [4.69, 9.17) is 0 Å². The van der Waals surface area contributed by atoms with E-state index in [0.29, 0.717) is 5.92 Å². The Bertz CT molecular complexity index is 138. The van der Waals surface area contributed by atoms with E-state index in [9.17, 15) is 4.79 Å². The number of alkyl halides is 1. The molecule has 0 aromatic rings. The molecular weight excluding hydrogens is 194 g/mol. The summed E-state index contributed by atoms with van der Waals surface area (Å²) < 4.78 is 0. The number of rotatable bonds is 1. The zero-order valence-corrected chi connectivity index (χ0v) is 7.73. The van der Waals surface area contributed by atoms with Crippen LogP contribution in [0.3, 0.4) is 0 Å². The molecule has 1 atom stereocenters. The highest BCUT2D eigenvalue weighted by atomic mass is 79.9. The zero-order chi connectivity index (χ0) is 7.56. The minimum Gasteiger partial charge on any atom is -0.343 e. The van der Waals surface area contributed by atoms with Gasteiger partial charge in [-0.1, -0.05) is 15.9 Å². The van der Waals surface area contributed by atoms with Crippen LogP contribution < -0.4 is 0 Å². The van der Waals surface area contributed by atoms with Crippen molar-refractivity contribution in [1.29, 1.82) is 0 Å². The fraction of sp³-hybridized carbons (Fsp3) is 0.857. The number of nitrogens with zero attached hydrogens (tertiary/aromatic N) is 1. The van der Waals surface area contributed by atoms with E-state index < -0.39 is 0 Å². The normalized spacial score (nSPS) is 25.4. The van der Waals surface area contributed by atoms with Gasteiger partial charge in [-0.25, -0.2) is 0 Å². The third-order valence-corrected chi connectivity index (χ3v) is 2.87. The number of carbonyl (C=O) groups excluding carboxylic acids is 1. The third kappa shape index (κ3) is 1.72. The van der Waals surface area contributed by atoms with Crippen molar-refractivity contribution in [3.8, 4) is 0 Å². The topological polar surface area (TPSA) is 20.3 Å². The van der Waals surface area contributed by atoms with Crippen molar-refractivity contribution in [2.45, 2.75) is 13.3 Å². The third-order valence-electron chi connectivity index (χ3n) is 1.95. The molecule has 0 bridgehead atoms. The van der Waals surface area contributed by atoms with Crippen LogP contribution in [-0.2, 0) is 4.79 Å². The Morgan fingerprint density at radius 2 is 2.50 bits per heavy atom. The maximum absolute atomic E-state index is 10.8. The van der Waals surface area contributed by atoms with Crippen molar-refractivity contribution in [2.24, 2.45) is 5.92 Å². The predicted octanol–water partition coefficient (Wildman–Crippen LogP) is 1.25. The second kappa shape index (κ2) is 3.37. The van der Waals surface area contributed by atoms with Gasteiger partial charge in [-0.05, 0) is 12.3 Å². The first kappa shape index (κ1) is 8.05. The number of hydrogen-bond donors (Lipinski definition) is 0. The van der Waals surface area contributed by atoms with Crippen LogP contribution >= 0.6 is 15.9 Å². The first-order chi connectivity index (χ1) is 4.74. The summed E-state index contributed by atoms with van der Waals surface area (Å²) >= 11 is 3.41. The Hall–Kier alpha value is -0.0500. The van der Waals surface area contributed by atoms with Crippen LogP contribution in [0.1, 0.15) is 13.3 Å². The number of likely N-dealkylation sites (tertiary alicyclic amines) is 1. The van der Waals surface area contributed by atoms with Gasteiger partial charge < -0.3 is 4.90 Å². The number of amides is 1. The number of carbonyl (C=O) groups is 1.